The maximum absolute atomic E-state index is 13.3. The molecule has 2 N–H and O–H groups in total. The van der Waals surface area contributed by atoms with Gasteiger partial charge in [-0.2, -0.15) is 0 Å². The van der Waals surface area contributed by atoms with Crippen molar-refractivity contribution < 1.29 is 9.31 Å². The first kappa shape index (κ1) is 23.0. The van der Waals surface area contributed by atoms with Gasteiger partial charge in [0.1, 0.15) is 11.5 Å². The topological polar surface area (TPSA) is 75.6 Å². The highest BCUT2D eigenvalue weighted by Crippen LogP contribution is 2.33. The normalized spacial score (nSPS) is 14.2. The standard InChI is InChI=1S/C18H21FN4O2.2ClH/c1-13-9-18(23(24)25)17(11-16(13)20)22-7-5-21(6-8-22)12-14-3-2-4-15(19)10-14;;/h2-4,9-11H,5-8,12,20H2,1H3;2*1H. The molecule has 0 radical (unpaired) electrons. The molecule has 1 saturated heterocycles. The summed E-state index contributed by atoms with van der Waals surface area (Å²) in [6.07, 6.45) is 0. The molecule has 1 aliphatic rings. The van der Waals surface area contributed by atoms with Crippen molar-refractivity contribution in [2.45, 2.75) is 13.5 Å². The number of rotatable bonds is 4. The smallest absolute Gasteiger partial charge is 0.292 e. The van der Waals surface area contributed by atoms with Crippen molar-refractivity contribution in [2.24, 2.45) is 0 Å². The maximum atomic E-state index is 13.3. The van der Waals surface area contributed by atoms with Crippen LogP contribution in [-0.2, 0) is 6.54 Å². The highest BCUT2D eigenvalue weighted by Gasteiger charge is 2.24. The molecule has 0 aliphatic carbocycles. The molecule has 0 saturated carbocycles. The maximum Gasteiger partial charge on any atom is 0.292 e. The molecular weight excluding hydrogens is 394 g/mol. The second kappa shape index (κ2) is 9.73. The van der Waals surface area contributed by atoms with Gasteiger partial charge in [-0.3, -0.25) is 15.0 Å². The third kappa shape index (κ3) is 5.45. The average Bonchev–Trinajstić information content (AvgIpc) is 2.57. The molecule has 1 heterocycles. The number of benzene rings is 2. The highest BCUT2D eigenvalue weighted by molar-refractivity contribution is 5.85. The SMILES string of the molecule is Cc1cc([N+](=O)[O-])c(N2CCN(Cc3cccc(F)c3)CC2)cc1N.Cl.Cl. The minimum atomic E-state index is -0.360. The summed E-state index contributed by atoms with van der Waals surface area (Å²) in [7, 11) is 0. The lowest BCUT2D eigenvalue weighted by atomic mass is 10.1. The van der Waals surface area contributed by atoms with Crippen molar-refractivity contribution in [1.29, 1.82) is 0 Å². The Balaban J connectivity index is 0.00000182. The number of nitrogens with two attached hydrogens (primary N) is 1. The second-order valence-electron chi connectivity index (χ2n) is 6.35. The lowest BCUT2D eigenvalue weighted by Crippen LogP contribution is -2.46. The second-order valence-corrected chi connectivity index (χ2v) is 6.35. The number of nitro groups is 1. The number of hydrogen-bond donors (Lipinski definition) is 1. The zero-order valence-corrected chi connectivity index (χ0v) is 16.6. The van der Waals surface area contributed by atoms with E-state index in [0.29, 0.717) is 36.6 Å². The molecule has 27 heavy (non-hydrogen) atoms. The van der Waals surface area contributed by atoms with E-state index in [-0.39, 0.29) is 41.2 Å². The first-order valence-corrected chi connectivity index (χ1v) is 8.20. The summed E-state index contributed by atoms with van der Waals surface area (Å²) < 4.78 is 13.3. The molecular formula is C18H23Cl2FN4O2. The number of piperazine rings is 1. The minimum Gasteiger partial charge on any atom is -0.398 e. The summed E-state index contributed by atoms with van der Waals surface area (Å²) in [4.78, 5) is 15.2. The fourth-order valence-electron chi connectivity index (χ4n) is 3.14. The zero-order chi connectivity index (χ0) is 18.0. The van der Waals surface area contributed by atoms with Gasteiger partial charge in [0.2, 0.25) is 0 Å². The molecule has 0 aromatic heterocycles. The molecule has 0 amide bonds. The van der Waals surface area contributed by atoms with Crippen LogP contribution < -0.4 is 10.6 Å². The Bertz CT molecular complexity index is 799. The van der Waals surface area contributed by atoms with Gasteiger partial charge >= 0.3 is 0 Å². The summed E-state index contributed by atoms with van der Waals surface area (Å²) in [5, 5.41) is 11.4. The molecule has 0 bridgehead atoms. The molecule has 2 aromatic rings. The number of nitro benzene ring substituents is 1. The van der Waals surface area contributed by atoms with E-state index in [4.69, 9.17) is 5.73 Å². The number of anilines is 2. The first-order chi connectivity index (χ1) is 11.9. The van der Waals surface area contributed by atoms with Gasteiger partial charge in [0.15, 0.2) is 0 Å². The first-order valence-electron chi connectivity index (χ1n) is 8.20. The largest absolute Gasteiger partial charge is 0.398 e. The minimum absolute atomic E-state index is 0. The van der Waals surface area contributed by atoms with Crippen molar-refractivity contribution >= 4 is 41.9 Å². The van der Waals surface area contributed by atoms with Crippen molar-refractivity contribution in [3.8, 4) is 0 Å². The molecule has 6 nitrogen and oxygen atoms in total. The monoisotopic (exact) mass is 416 g/mol. The molecule has 0 atom stereocenters. The summed E-state index contributed by atoms with van der Waals surface area (Å²) in [6, 6.07) is 9.81. The number of aryl methyl sites for hydroxylation is 1. The van der Waals surface area contributed by atoms with Gasteiger partial charge in [-0.1, -0.05) is 12.1 Å². The summed E-state index contributed by atoms with van der Waals surface area (Å²) >= 11 is 0. The third-order valence-electron chi connectivity index (χ3n) is 4.57. The van der Waals surface area contributed by atoms with Crippen molar-refractivity contribution in [3.05, 3.63) is 63.5 Å². The quantitative estimate of drug-likeness (QED) is 0.466. The van der Waals surface area contributed by atoms with Crippen LogP contribution in [0.15, 0.2) is 36.4 Å². The van der Waals surface area contributed by atoms with Crippen LogP contribution in [0.4, 0.5) is 21.5 Å². The van der Waals surface area contributed by atoms with E-state index < -0.39 is 0 Å². The van der Waals surface area contributed by atoms with Crippen molar-refractivity contribution in [3.63, 3.8) is 0 Å². The molecule has 1 fully saturated rings. The fourth-order valence-corrected chi connectivity index (χ4v) is 3.14. The van der Waals surface area contributed by atoms with Crippen LogP contribution >= 0.6 is 24.8 Å². The van der Waals surface area contributed by atoms with Crippen molar-refractivity contribution in [1.82, 2.24) is 4.90 Å². The lowest BCUT2D eigenvalue weighted by Gasteiger charge is -2.36. The van der Waals surface area contributed by atoms with Crippen LogP contribution in [0.1, 0.15) is 11.1 Å². The Morgan fingerprint density at radius 2 is 1.81 bits per heavy atom. The van der Waals surface area contributed by atoms with Crippen LogP contribution in [0.3, 0.4) is 0 Å². The predicted octanol–water partition coefficient (Wildman–Crippen LogP) is 3.79. The summed E-state index contributed by atoms with van der Waals surface area (Å²) in [5.41, 5.74) is 8.80. The third-order valence-corrected chi connectivity index (χ3v) is 4.57. The van der Waals surface area contributed by atoms with Crippen LogP contribution in [0.5, 0.6) is 0 Å². The Hall–Kier alpha value is -2.09. The van der Waals surface area contributed by atoms with Gasteiger partial charge in [0.25, 0.3) is 5.69 Å². The average molecular weight is 417 g/mol. The van der Waals surface area contributed by atoms with E-state index in [0.717, 1.165) is 18.7 Å². The molecule has 9 heteroatoms. The van der Waals surface area contributed by atoms with Crippen molar-refractivity contribution in [2.75, 3.05) is 36.8 Å². The van der Waals surface area contributed by atoms with E-state index in [2.05, 4.69) is 4.90 Å². The van der Waals surface area contributed by atoms with E-state index in [9.17, 15) is 14.5 Å². The number of nitrogens with zero attached hydrogens (tertiary/aromatic N) is 3. The molecule has 2 aromatic carbocycles. The van der Waals surface area contributed by atoms with E-state index in [1.807, 2.05) is 11.0 Å². The Kier molecular flexibility index (Phi) is 8.27. The molecule has 1 aliphatic heterocycles. The fraction of sp³-hybridized carbons (Fsp3) is 0.333. The Morgan fingerprint density at radius 1 is 1.15 bits per heavy atom. The highest BCUT2D eigenvalue weighted by atomic mass is 35.5. The summed E-state index contributed by atoms with van der Waals surface area (Å²) in [6.45, 7) is 5.27. The predicted molar refractivity (Wildman–Crippen MR) is 111 cm³/mol. The number of hydrogen-bond acceptors (Lipinski definition) is 5. The van der Waals surface area contributed by atoms with Gasteiger partial charge in [-0.25, -0.2) is 4.39 Å². The lowest BCUT2D eigenvalue weighted by molar-refractivity contribution is -0.384. The van der Waals surface area contributed by atoms with Crippen LogP contribution in [-0.4, -0.2) is 36.0 Å². The van der Waals surface area contributed by atoms with E-state index in [1.54, 1.807) is 19.1 Å². The summed E-state index contributed by atoms with van der Waals surface area (Å²) in [5.74, 6) is -0.234. The Morgan fingerprint density at radius 3 is 2.41 bits per heavy atom. The van der Waals surface area contributed by atoms with Crippen LogP contribution in [0.25, 0.3) is 0 Å². The molecule has 3 rings (SSSR count). The van der Waals surface area contributed by atoms with Gasteiger partial charge < -0.3 is 10.6 Å². The van der Waals surface area contributed by atoms with E-state index in [1.165, 1.54) is 18.2 Å². The molecule has 0 spiro atoms. The zero-order valence-electron chi connectivity index (χ0n) is 14.9. The van der Waals surface area contributed by atoms with Crippen LogP contribution in [0.2, 0.25) is 0 Å². The molecule has 148 valence electrons. The van der Waals surface area contributed by atoms with Gasteiger partial charge in [-0.05, 0) is 36.2 Å². The Labute approximate surface area is 170 Å². The van der Waals surface area contributed by atoms with Gasteiger partial charge in [-0.15, -0.1) is 24.8 Å². The van der Waals surface area contributed by atoms with Gasteiger partial charge in [0.05, 0.1) is 4.92 Å². The number of halogens is 3. The van der Waals surface area contributed by atoms with E-state index >= 15 is 0 Å². The number of nitrogen functional groups attached to an aromatic ring is 1. The molecule has 0 unspecified atom stereocenters. The van der Waals surface area contributed by atoms with Crippen LogP contribution in [0, 0.1) is 22.9 Å². The van der Waals surface area contributed by atoms with Gasteiger partial charge in [0, 0.05) is 44.5 Å².